The molecular formula is C28H26N2O5. The first-order valence-electron chi connectivity index (χ1n) is 11.4. The maximum absolute atomic E-state index is 12.8. The third kappa shape index (κ3) is 5.63. The number of amides is 2. The summed E-state index contributed by atoms with van der Waals surface area (Å²) >= 11 is 0. The molecule has 0 radical (unpaired) electrons. The van der Waals surface area contributed by atoms with Crippen LogP contribution in [-0.4, -0.2) is 36.7 Å². The van der Waals surface area contributed by atoms with Crippen molar-refractivity contribution in [3.05, 3.63) is 95.1 Å². The van der Waals surface area contributed by atoms with Crippen molar-refractivity contribution in [2.45, 2.75) is 20.3 Å². The molecule has 0 aromatic heterocycles. The highest BCUT2D eigenvalue weighted by atomic mass is 16.5. The lowest BCUT2D eigenvalue weighted by Gasteiger charge is -2.19. The Bertz CT molecular complexity index is 1270. The predicted octanol–water partition coefficient (Wildman–Crippen LogP) is 4.33. The minimum atomic E-state index is -0.627. The second kappa shape index (κ2) is 10.3. The number of Topliss-reactive ketones (excluding diaryl/α,β-unsaturated/α-hetero) is 1. The van der Waals surface area contributed by atoms with Crippen molar-refractivity contribution in [3.8, 4) is 0 Å². The number of ketones is 1. The zero-order chi connectivity index (χ0) is 24.9. The normalized spacial score (nSPS) is 15.1. The van der Waals surface area contributed by atoms with Crippen molar-refractivity contribution < 1.29 is 23.9 Å². The second-order valence-corrected chi connectivity index (χ2v) is 8.63. The van der Waals surface area contributed by atoms with E-state index in [-0.39, 0.29) is 36.2 Å². The van der Waals surface area contributed by atoms with E-state index in [9.17, 15) is 19.2 Å². The Morgan fingerprint density at radius 3 is 2.34 bits per heavy atom. The van der Waals surface area contributed by atoms with Crippen molar-refractivity contribution in [1.29, 1.82) is 0 Å². The van der Waals surface area contributed by atoms with Crippen LogP contribution in [0.2, 0.25) is 0 Å². The van der Waals surface area contributed by atoms with Crippen LogP contribution in [0, 0.1) is 19.8 Å². The fourth-order valence-electron chi connectivity index (χ4n) is 4.08. The number of carbonyl (C=O) groups excluding carboxylic acids is 4. The zero-order valence-corrected chi connectivity index (χ0v) is 19.6. The third-order valence-corrected chi connectivity index (χ3v) is 5.96. The standard InChI is InChI=1S/C28H26N2O5/c1-18-8-13-24(19(2)14-18)30-16-22(15-26(30)32)27(33)29-23-11-9-21(10-12-23)28(34)35-17-25(31)20-6-4-3-5-7-20/h3-14,22H,15-17H2,1-2H3,(H,29,33)/t22-/m1/s1. The number of nitrogens with one attached hydrogen (secondary N) is 1. The molecule has 0 saturated carbocycles. The Morgan fingerprint density at radius 1 is 0.943 bits per heavy atom. The lowest BCUT2D eigenvalue weighted by Crippen LogP contribution is -2.28. The molecule has 7 nitrogen and oxygen atoms in total. The van der Waals surface area contributed by atoms with E-state index in [1.54, 1.807) is 47.4 Å². The summed E-state index contributed by atoms with van der Waals surface area (Å²) in [5.41, 5.74) is 4.17. The van der Waals surface area contributed by atoms with Crippen LogP contribution < -0.4 is 10.2 Å². The number of hydrogen-bond acceptors (Lipinski definition) is 5. The van der Waals surface area contributed by atoms with E-state index in [0.29, 0.717) is 17.8 Å². The molecule has 2 amide bonds. The molecule has 3 aromatic rings. The van der Waals surface area contributed by atoms with E-state index in [2.05, 4.69) is 5.32 Å². The maximum atomic E-state index is 12.8. The van der Waals surface area contributed by atoms with E-state index in [1.165, 1.54) is 12.1 Å². The molecule has 4 rings (SSSR count). The van der Waals surface area contributed by atoms with Crippen molar-refractivity contribution in [2.75, 3.05) is 23.4 Å². The molecule has 3 aromatic carbocycles. The van der Waals surface area contributed by atoms with Gasteiger partial charge in [-0.3, -0.25) is 14.4 Å². The van der Waals surface area contributed by atoms with E-state index in [1.807, 2.05) is 32.0 Å². The predicted molar refractivity (Wildman–Crippen MR) is 133 cm³/mol. The van der Waals surface area contributed by atoms with Gasteiger partial charge < -0.3 is 15.0 Å². The first-order chi connectivity index (χ1) is 16.8. The summed E-state index contributed by atoms with van der Waals surface area (Å²) < 4.78 is 5.11. The Morgan fingerprint density at radius 2 is 1.66 bits per heavy atom. The molecule has 1 fully saturated rings. The van der Waals surface area contributed by atoms with Gasteiger partial charge in [-0.2, -0.15) is 0 Å². The third-order valence-electron chi connectivity index (χ3n) is 5.96. The zero-order valence-electron chi connectivity index (χ0n) is 19.6. The van der Waals surface area contributed by atoms with E-state index in [4.69, 9.17) is 4.74 Å². The molecule has 178 valence electrons. The van der Waals surface area contributed by atoms with Crippen molar-refractivity contribution in [1.82, 2.24) is 0 Å². The van der Waals surface area contributed by atoms with Crippen LogP contribution in [0.25, 0.3) is 0 Å². The van der Waals surface area contributed by atoms with Gasteiger partial charge in [0.05, 0.1) is 11.5 Å². The van der Waals surface area contributed by atoms with Crippen LogP contribution in [0.4, 0.5) is 11.4 Å². The van der Waals surface area contributed by atoms with Crippen LogP contribution in [0.5, 0.6) is 0 Å². The topological polar surface area (TPSA) is 92.8 Å². The number of rotatable bonds is 7. The number of carbonyl (C=O) groups is 4. The summed E-state index contributed by atoms with van der Waals surface area (Å²) in [5.74, 6) is -1.73. The summed E-state index contributed by atoms with van der Waals surface area (Å²) in [6, 6.07) is 20.7. The molecule has 1 heterocycles. The van der Waals surface area contributed by atoms with Gasteiger partial charge in [0.15, 0.2) is 12.4 Å². The summed E-state index contributed by atoms with van der Waals surface area (Å²) in [7, 11) is 0. The maximum Gasteiger partial charge on any atom is 0.338 e. The molecule has 35 heavy (non-hydrogen) atoms. The number of hydrogen-bond donors (Lipinski definition) is 1. The Hall–Kier alpha value is -4.26. The molecular weight excluding hydrogens is 444 g/mol. The summed E-state index contributed by atoms with van der Waals surface area (Å²) in [4.78, 5) is 51.4. The number of anilines is 2. The second-order valence-electron chi connectivity index (χ2n) is 8.63. The van der Waals surface area contributed by atoms with Gasteiger partial charge in [0, 0.05) is 29.9 Å². The van der Waals surface area contributed by atoms with E-state index in [0.717, 1.165) is 16.8 Å². The smallest absolute Gasteiger partial charge is 0.338 e. The van der Waals surface area contributed by atoms with E-state index >= 15 is 0 Å². The molecule has 0 unspecified atom stereocenters. The number of benzene rings is 3. The molecule has 0 spiro atoms. The van der Waals surface area contributed by atoms with Crippen LogP contribution in [0.15, 0.2) is 72.8 Å². The highest BCUT2D eigenvalue weighted by Gasteiger charge is 2.35. The molecule has 1 N–H and O–H groups in total. The quantitative estimate of drug-likeness (QED) is 0.410. The summed E-state index contributed by atoms with van der Waals surface area (Å²) in [6.45, 7) is 3.91. The molecule has 7 heteroatoms. The van der Waals surface area contributed by atoms with Crippen LogP contribution in [0.3, 0.4) is 0 Å². The van der Waals surface area contributed by atoms with Crippen molar-refractivity contribution >= 4 is 34.9 Å². The lowest BCUT2D eigenvalue weighted by molar-refractivity contribution is -0.122. The van der Waals surface area contributed by atoms with Gasteiger partial charge in [-0.25, -0.2) is 4.79 Å². The Kier molecular flexibility index (Phi) is 7.06. The van der Waals surface area contributed by atoms with Crippen LogP contribution in [0.1, 0.15) is 38.3 Å². The van der Waals surface area contributed by atoms with Crippen LogP contribution in [-0.2, 0) is 14.3 Å². The summed E-state index contributed by atoms with van der Waals surface area (Å²) in [5, 5.41) is 2.81. The molecule has 1 atom stereocenters. The molecule has 0 aliphatic carbocycles. The van der Waals surface area contributed by atoms with Gasteiger partial charge in [0.2, 0.25) is 11.8 Å². The first-order valence-corrected chi connectivity index (χ1v) is 11.4. The fourth-order valence-corrected chi connectivity index (χ4v) is 4.08. The monoisotopic (exact) mass is 470 g/mol. The van der Waals surface area contributed by atoms with Crippen LogP contribution >= 0.6 is 0 Å². The van der Waals surface area contributed by atoms with E-state index < -0.39 is 11.9 Å². The Balaban J connectivity index is 1.32. The molecule has 1 aliphatic heterocycles. The largest absolute Gasteiger partial charge is 0.454 e. The first kappa shape index (κ1) is 23.9. The number of nitrogens with zero attached hydrogens (tertiary/aromatic N) is 1. The van der Waals surface area contributed by atoms with Gasteiger partial charge in [-0.15, -0.1) is 0 Å². The minimum Gasteiger partial charge on any atom is -0.454 e. The number of esters is 1. The van der Waals surface area contributed by atoms with Gasteiger partial charge in [-0.1, -0.05) is 48.0 Å². The average Bonchev–Trinajstić information content (AvgIpc) is 3.24. The molecule has 1 aliphatic rings. The number of aryl methyl sites for hydroxylation is 2. The van der Waals surface area contributed by atoms with Gasteiger partial charge in [0.25, 0.3) is 0 Å². The fraction of sp³-hybridized carbons (Fsp3) is 0.214. The Labute approximate surface area is 203 Å². The van der Waals surface area contributed by atoms with Crippen molar-refractivity contribution in [2.24, 2.45) is 5.92 Å². The van der Waals surface area contributed by atoms with Gasteiger partial charge >= 0.3 is 5.97 Å². The van der Waals surface area contributed by atoms with Gasteiger partial charge in [0.1, 0.15) is 0 Å². The lowest BCUT2D eigenvalue weighted by atomic mass is 10.1. The summed E-state index contributed by atoms with van der Waals surface area (Å²) in [6.07, 6.45) is 0.138. The molecule has 1 saturated heterocycles. The average molecular weight is 471 g/mol. The van der Waals surface area contributed by atoms with Crippen molar-refractivity contribution in [3.63, 3.8) is 0 Å². The number of ether oxygens (including phenoxy) is 1. The highest BCUT2D eigenvalue weighted by Crippen LogP contribution is 2.29. The SMILES string of the molecule is Cc1ccc(N2C[C@H](C(=O)Nc3ccc(C(=O)OCC(=O)c4ccccc4)cc3)CC2=O)c(C)c1. The highest BCUT2D eigenvalue weighted by molar-refractivity contribution is 6.04. The minimum absolute atomic E-state index is 0.0831. The molecule has 0 bridgehead atoms. The van der Waals surface area contributed by atoms with Gasteiger partial charge in [-0.05, 0) is 49.7 Å².